The van der Waals surface area contributed by atoms with Crippen LogP contribution >= 0.6 is 0 Å². The van der Waals surface area contributed by atoms with Gasteiger partial charge in [-0.2, -0.15) is 0 Å². The molecule has 0 aliphatic heterocycles. The van der Waals surface area contributed by atoms with Gasteiger partial charge in [0.05, 0.1) is 0 Å². The van der Waals surface area contributed by atoms with Gasteiger partial charge >= 0.3 is 0 Å². The highest BCUT2D eigenvalue weighted by molar-refractivity contribution is 5.18. The highest BCUT2D eigenvalue weighted by Gasteiger charge is 2.00. The maximum Gasteiger partial charge on any atom is 0.126 e. The highest BCUT2D eigenvalue weighted by atomic mass is 19.1. The fourth-order valence-corrected chi connectivity index (χ4v) is 1.72. The van der Waals surface area contributed by atoms with Gasteiger partial charge in [0, 0.05) is 25.0 Å². The van der Waals surface area contributed by atoms with Crippen molar-refractivity contribution in [1.29, 1.82) is 0 Å². The van der Waals surface area contributed by atoms with Crippen molar-refractivity contribution >= 4 is 0 Å². The molecule has 1 heterocycles. The Kier molecular flexibility index (Phi) is 4.36. The van der Waals surface area contributed by atoms with Crippen molar-refractivity contribution < 1.29 is 8.78 Å². The first-order valence-electron chi connectivity index (χ1n) is 5.78. The number of benzene rings is 1. The van der Waals surface area contributed by atoms with Crippen molar-refractivity contribution in [2.24, 2.45) is 0 Å². The van der Waals surface area contributed by atoms with Gasteiger partial charge in [-0.25, -0.2) is 8.78 Å². The Bertz CT molecular complexity index is 480. The minimum Gasteiger partial charge on any atom is -0.312 e. The summed E-state index contributed by atoms with van der Waals surface area (Å²) in [7, 11) is 0. The molecule has 1 N–H and O–H groups in total. The van der Waals surface area contributed by atoms with Gasteiger partial charge in [-0.15, -0.1) is 0 Å². The van der Waals surface area contributed by atoms with Crippen molar-refractivity contribution in [2.75, 3.05) is 6.54 Å². The number of hydrogen-bond donors (Lipinski definition) is 1. The number of nitrogens with zero attached hydrogens (tertiary/aromatic N) is 1. The van der Waals surface area contributed by atoms with E-state index >= 15 is 0 Å². The van der Waals surface area contributed by atoms with Crippen LogP contribution in [0.4, 0.5) is 8.78 Å². The molecule has 94 valence electrons. The SMILES string of the molecule is Fc1cc(F)cc(CCNCc2ccncc2)c1. The van der Waals surface area contributed by atoms with Crippen molar-refractivity contribution in [2.45, 2.75) is 13.0 Å². The smallest absolute Gasteiger partial charge is 0.126 e. The quantitative estimate of drug-likeness (QED) is 0.823. The predicted octanol–water partition coefficient (Wildman–Crippen LogP) is 2.69. The third-order valence-electron chi connectivity index (χ3n) is 2.59. The molecular formula is C14H14F2N2. The Morgan fingerprint density at radius 3 is 2.28 bits per heavy atom. The molecule has 18 heavy (non-hydrogen) atoms. The summed E-state index contributed by atoms with van der Waals surface area (Å²) in [6, 6.07) is 7.45. The molecule has 2 rings (SSSR count). The van der Waals surface area contributed by atoms with E-state index in [1.54, 1.807) is 12.4 Å². The Labute approximate surface area is 105 Å². The largest absolute Gasteiger partial charge is 0.312 e. The first-order valence-corrected chi connectivity index (χ1v) is 5.78. The Morgan fingerprint density at radius 1 is 0.944 bits per heavy atom. The molecule has 0 amide bonds. The Morgan fingerprint density at radius 2 is 1.61 bits per heavy atom. The van der Waals surface area contributed by atoms with Crippen LogP contribution in [0.5, 0.6) is 0 Å². The summed E-state index contributed by atoms with van der Waals surface area (Å²) >= 11 is 0. The summed E-state index contributed by atoms with van der Waals surface area (Å²) in [4.78, 5) is 3.93. The fraction of sp³-hybridized carbons (Fsp3) is 0.214. The zero-order valence-corrected chi connectivity index (χ0v) is 9.87. The van der Waals surface area contributed by atoms with E-state index in [2.05, 4.69) is 10.3 Å². The topological polar surface area (TPSA) is 24.9 Å². The molecule has 2 aromatic rings. The van der Waals surface area contributed by atoms with E-state index in [0.29, 0.717) is 18.5 Å². The maximum atomic E-state index is 12.9. The Hall–Kier alpha value is -1.81. The van der Waals surface area contributed by atoms with E-state index in [1.807, 2.05) is 12.1 Å². The minimum atomic E-state index is -0.529. The van der Waals surface area contributed by atoms with Crippen LogP contribution in [0.1, 0.15) is 11.1 Å². The lowest BCUT2D eigenvalue weighted by Crippen LogP contribution is -2.16. The van der Waals surface area contributed by atoms with Gasteiger partial charge in [-0.1, -0.05) is 0 Å². The molecule has 0 fully saturated rings. The van der Waals surface area contributed by atoms with Crippen LogP contribution in [0.2, 0.25) is 0 Å². The van der Waals surface area contributed by atoms with E-state index in [9.17, 15) is 8.78 Å². The number of aromatic nitrogens is 1. The number of rotatable bonds is 5. The lowest BCUT2D eigenvalue weighted by atomic mass is 10.1. The molecule has 0 aliphatic rings. The van der Waals surface area contributed by atoms with Gasteiger partial charge in [0.1, 0.15) is 11.6 Å². The van der Waals surface area contributed by atoms with Crippen LogP contribution in [-0.2, 0) is 13.0 Å². The number of pyridine rings is 1. The molecular weight excluding hydrogens is 234 g/mol. The van der Waals surface area contributed by atoms with E-state index in [4.69, 9.17) is 0 Å². The van der Waals surface area contributed by atoms with Gasteiger partial charge in [0.25, 0.3) is 0 Å². The molecule has 0 radical (unpaired) electrons. The summed E-state index contributed by atoms with van der Waals surface area (Å²) in [6.45, 7) is 1.39. The first-order chi connectivity index (χ1) is 8.74. The average molecular weight is 248 g/mol. The molecule has 2 nitrogen and oxygen atoms in total. The van der Waals surface area contributed by atoms with Crippen molar-refractivity contribution in [3.05, 3.63) is 65.5 Å². The molecule has 0 unspecified atom stereocenters. The summed E-state index contributed by atoms with van der Waals surface area (Å²) in [5, 5.41) is 3.22. The second-order valence-corrected chi connectivity index (χ2v) is 4.06. The van der Waals surface area contributed by atoms with Gasteiger partial charge in [-0.05, 0) is 48.4 Å². The van der Waals surface area contributed by atoms with Gasteiger partial charge in [0.2, 0.25) is 0 Å². The molecule has 0 bridgehead atoms. The lowest BCUT2D eigenvalue weighted by Gasteiger charge is -2.05. The van der Waals surface area contributed by atoms with Crippen molar-refractivity contribution in [3.8, 4) is 0 Å². The van der Waals surface area contributed by atoms with E-state index in [1.165, 1.54) is 12.1 Å². The molecule has 0 atom stereocenters. The summed E-state index contributed by atoms with van der Waals surface area (Å²) in [5.74, 6) is -1.06. The van der Waals surface area contributed by atoms with E-state index < -0.39 is 11.6 Å². The second kappa shape index (κ2) is 6.21. The average Bonchev–Trinajstić information content (AvgIpc) is 2.35. The summed E-state index contributed by atoms with van der Waals surface area (Å²) in [5.41, 5.74) is 1.80. The van der Waals surface area contributed by atoms with Gasteiger partial charge < -0.3 is 5.32 Å². The van der Waals surface area contributed by atoms with Crippen molar-refractivity contribution in [1.82, 2.24) is 10.3 Å². The molecule has 1 aromatic carbocycles. The molecule has 0 aliphatic carbocycles. The van der Waals surface area contributed by atoms with E-state index in [-0.39, 0.29) is 0 Å². The maximum absolute atomic E-state index is 12.9. The van der Waals surface area contributed by atoms with Crippen LogP contribution < -0.4 is 5.32 Å². The van der Waals surface area contributed by atoms with Crippen LogP contribution in [0.25, 0.3) is 0 Å². The Balaban J connectivity index is 1.78. The van der Waals surface area contributed by atoms with Gasteiger partial charge in [0.15, 0.2) is 0 Å². The van der Waals surface area contributed by atoms with Crippen LogP contribution in [0.3, 0.4) is 0 Å². The molecule has 0 saturated heterocycles. The molecule has 4 heteroatoms. The molecule has 1 aromatic heterocycles. The van der Waals surface area contributed by atoms with Crippen LogP contribution in [0, 0.1) is 11.6 Å². The van der Waals surface area contributed by atoms with Gasteiger partial charge in [-0.3, -0.25) is 4.98 Å². The number of hydrogen-bond acceptors (Lipinski definition) is 2. The third-order valence-corrected chi connectivity index (χ3v) is 2.59. The normalized spacial score (nSPS) is 10.6. The number of halogens is 2. The zero-order chi connectivity index (χ0) is 12.8. The zero-order valence-electron chi connectivity index (χ0n) is 9.87. The standard InChI is InChI=1S/C14H14F2N2/c15-13-7-12(8-14(16)9-13)3-6-18-10-11-1-4-17-5-2-11/h1-2,4-5,7-9,18H,3,6,10H2. The monoisotopic (exact) mass is 248 g/mol. The summed E-state index contributed by atoms with van der Waals surface area (Å²) in [6.07, 6.45) is 4.07. The second-order valence-electron chi connectivity index (χ2n) is 4.06. The third kappa shape index (κ3) is 3.89. The fourth-order valence-electron chi connectivity index (χ4n) is 1.72. The number of nitrogens with one attached hydrogen (secondary N) is 1. The minimum absolute atomic E-state index is 0.529. The summed E-state index contributed by atoms with van der Waals surface area (Å²) < 4.78 is 25.9. The van der Waals surface area contributed by atoms with Crippen LogP contribution in [-0.4, -0.2) is 11.5 Å². The first kappa shape index (κ1) is 12.6. The lowest BCUT2D eigenvalue weighted by molar-refractivity contribution is 0.577. The highest BCUT2D eigenvalue weighted by Crippen LogP contribution is 2.08. The molecule has 0 saturated carbocycles. The molecule has 0 spiro atoms. The predicted molar refractivity (Wildman–Crippen MR) is 66.0 cm³/mol. The van der Waals surface area contributed by atoms with Crippen molar-refractivity contribution in [3.63, 3.8) is 0 Å². The van der Waals surface area contributed by atoms with Crippen LogP contribution in [0.15, 0.2) is 42.7 Å². The van der Waals surface area contributed by atoms with E-state index in [0.717, 1.165) is 18.2 Å².